The second kappa shape index (κ2) is 11.0. The predicted octanol–water partition coefficient (Wildman–Crippen LogP) is 4.24. The molecule has 0 aliphatic carbocycles. The minimum absolute atomic E-state index is 0.0346. The summed E-state index contributed by atoms with van der Waals surface area (Å²) < 4.78 is 0. The van der Waals surface area contributed by atoms with Gasteiger partial charge in [-0.25, -0.2) is 0 Å². The Kier molecular flexibility index (Phi) is 8.65. The van der Waals surface area contributed by atoms with Gasteiger partial charge in [-0.1, -0.05) is 30.1 Å². The molecule has 1 atom stereocenters. The van der Waals surface area contributed by atoms with Gasteiger partial charge < -0.3 is 16.0 Å². The van der Waals surface area contributed by atoms with Gasteiger partial charge >= 0.3 is 0 Å². The predicted molar refractivity (Wildman–Crippen MR) is 121 cm³/mol. The Bertz CT molecular complexity index is 919. The molecule has 7 nitrogen and oxygen atoms in total. The second-order valence-corrected chi connectivity index (χ2v) is 7.50. The smallest absolute Gasteiger partial charge is 0.241 e. The molecule has 9 heteroatoms. The molecule has 0 fully saturated rings. The van der Waals surface area contributed by atoms with Gasteiger partial charge in [0.1, 0.15) is 0 Å². The van der Waals surface area contributed by atoms with Crippen molar-refractivity contribution in [1.29, 1.82) is 0 Å². The van der Waals surface area contributed by atoms with E-state index in [1.54, 1.807) is 54.3 Å². The van der Waals surface area contributed by atoms with Crippen molar-refractivity contribution < 1.29 is 14.4 Å². The number of anilines is 3. The van der Waals surface area contributed by atoms with E-state index in [0.29, 0.717) is 33.7 Å². The Hall–Kier alpha value is -2.61. The van der Waals surface area contributed by atoms with Crippen LogP contribution in [0.2, 0.25) is 10.0 Å². The molecule has 1 unspecified atom stereocenters. The molecule has 0 saturated heterocycles. The van der Waals surface area contributed by atoms with Crippen LogP contribution in [0.1, 0.15) is 20.8 Å². The van der Waals surface area contributed by atoms with E-state index in [4.69, 9.17) is 23.2 Å². The Balaban J connectivity index is 1.94. The van der Waals surface area contributed by atoms with Crippen LogP contribution >= 0.6 is 23.2 Å². The molecule has 3 amide bonds. The van der Waals surface area contributed by atoms with Gasteiger partial charge in [0.25, 0.3) is 0 Å². The molecule has 3 N–H and O–H groups in total. The van der Waals surface area contributed by atoms with E-state index in [1.165, 1.54) is 6.92 Å². The topological polar surface area (TPSA) is 90.5 Å². The average molecular weight is 451 g/mol. The molecule has 2 aromatic carbocycles. The summed E-state index contributed by atoms with van der Waals surface area (Å²) in [6.45, 7) is 5.55. The Labute approximate surface area is 185 Å². The molecule has 0 saturated carbocycles. The molecule has 0 aliphatic rings. The molecule has 0 radical (unpaired) electrons. The van der Waals surface area contributed by atoms with Gasteiger partial charge in [0.15, 0.2) is 0 Å². The van der Waals surface area contributed by atoms with Crippen LogP contribution in [0.3, 0.4) is 0 Å². The van der Waals surface area contributed by atoms with Crippen LogP contribution in [-0.4, -0.2) is 41.8 Å². The summed E-state index contributed by atoms with van der Waals surface area (Å²) in [5.41, 5.74) is 1.69. The van der Waals surface area contributed by atoms with Crippen LogP contribution in [-0.2, 0) is 14.4 Å². The maximum atomic E-state index is 12.6. The highest BCUT2D eigenvalue weighted by Crippen LogP contribution is 2.25. The fourth-order valence-electron chi connectivity index (χ4n) is 2.74. The Morgan fingerprint density at radius 3 is 2.10 bits per heavy atom. The molecule has 0 aromatic heterocycles. The number of benzene rings is 2. The Morgan fingerprint density at radius 2 is 1.57 bits per heavy atom. The van der Waals surface area contributed by atoms with Crippen LogP contribution in [0.25, 0.3) is 0 Å². The molecule has 160 valence electrons. The van der Waals surface area contributed by atoms with Gasteiger partial charge in [0.2, 0.25) is 17.7 Å². The molecule has 0 spiro atoms. The highest BCUT2D eigenvalue weighted by atomic mass is 35.5. The summed E-state index contributed by atoms with van der Waals surface area (Å²) in [5, 5.41) is 9.02. The molecule has 2 rings (SSSR count). The highest BCUT2D eigenvalue weighted by Gasteiger charge is 2.23. The summed E-state index contributed by atoms with van der Waals surface area (Å²) in [6.07, 6.45) is 0. The maximum Gasteiger partial charge on any atom is 0.241 e. The van der Waals surface area contributed by atoms with E-state index in [0.717, 1.165) is 0 Å². The van der Waals surface area contributed by atoms with Crippen molar-refractivity contribution in [2.75, 3.05) is 29.0 Å². The van der Waals surface area contributed by atoms with Crippen LogP contribution in [0.4, 0.5) is 17.1 Å². The van der Waals surface area contributed by atoms with Crippen molar-refractivity contribution in [2.24, 2.45) is 0 Å². The third kappa shape index (κ3) is 7.02. The number of carbonyl (C=O) groups excluding carboxylic acids is 3. The molecule has 0 bridgehead atoms. The van der Waals surface area contributed by atoms with Gasteiger partial charge in [-0.05, 0) is 55.9 Å². The first-order valence-electron chi connectivity index (χ1n) is 9.37. The van der Waals surface area contributed by atoms with Gasteiger partial charge in [-0.2, -0.15) is 0 Å². The third-order valence-corrected chi connectivity index (χ3v) is 4.91. The first kappa shape index (κ1) is 23.7. The molecular weight excluding hydrogens is 427 g/mol. The number of nitrogens with zero attached hydrogens (tertiary/aromatic N) is 1. The summed E-state index contributed by atoms with van der Waals surface area (Å²) in [7, 11) is 0. The number of halogens is 2. The molecule has 0 aliphatic heterocycles. The molecule has 0 heterocycles. The average Bonchev–Trinajstić information content (AvgIpc) is 2.68. The number of hydrogen-bond donors (Lipinski definition) is 3. The summed E-state index contributed by atoms with van der Waals surface area (Å²) in [6, 6.07) is 11.0. The van der Waals surface area contributed by atoms with E-state index < -0.39 is 6.04 Å². The van der Waals surface area contributed by atoms with Crippen molar-refractivity contribution in [1.82, 2.24) is 4.90 Å². The lowest BCUT2D eigenvalue weighted by Crippen LogP contribution is -2.45. The van der Waals surface area contributed by atoms with Crippen LogP contribution < -0.4 is 16.0 Å². The van der Waals surface area contributed by atoms with E-state index in [2.05, 4.69) is 16.0 Å². The number of nitrogens with one attached hydrogen (secondary N) is 3. The van der Waals surface area contributed by atoms with Crippen LogP contribution in [0.15, 0.2) is 42.5 Å². The van der Waals surface area contributed by atoms with Crippen LogP contribution in [0, 0.1) is 0 Å². The maximum absolute atomic E-state index is 12.6. The Morgan fingerprint density at radius 1 is 0.967 bits per heavy atom. The molecular formula is C21H24Cl2N4O3. The number of carbonyl (C=O) groups is 3. The monoisotopic (exact) mass is 450 g/mol. The van der Waals surface area contributed by atoms with Crippen molar-refractivity contribution in [2.45, 2.75) is 26.8 Å². The van der Waals surface area contributed by atoms with Gasteiger partial charge in [-0.3, -0.25) is 19.3 Å². The first-order chi connectivity index (χ1) is 14.2. The van der Waals surface area contributed by atoms with E-state index in [9.17, 15) is 14.4 Å². The number of rotatable bonds is 8. The summed E-state index contributed by atoms with van der Waals surface area (Å²) in [5.74, 6) is -0.709. The van der Waals surface area contributed by atoms with Gasteiger partial charge in [0, 0.05) is 23.3 Å². The second-order valence-electron chi connectivity index (χ2n) is 6.66. The minimum atomic E-state index is -0.561. The summed E-state index contributed by atoms with van der Waals surface area (Å²) in [4.78, 5) is 37.8. The minimum Gasteiger partial charge on any atom is -0.326 e. The lowest BCUT2D eigenvalue weighted by Gasteiger charge is -2.26. The lowest BCUT2D eigenvalue weighted by molar-refractivity contribution is -0.123. The largest absolute Gasteiger partial charge is 0.326 e. The first-order valence-corrected chi connectivity index (χ1v) is 10.1. The highest BCUT2D eigenvalue weighted by molar-refractivity contribution is 6.36. The van der Waals surface area contributed by atoms with Crippen molar-refractivity contribution in [3.63, 3.8) is 0 Å². The fraction of sp³-hybridized carbons (Fsp3) is 0.286. The normalized spacial score (nSPS) is 11.7. The van der Waals surface area contributed by atoms with Gasteiger partial charge in [-0.15, -0.1) is 0 Å². The zero-order chi connectivity index (χ0) is 22.3. The number of likely N-dealkylation sites (N-methyl/N-ethyl adjacent to an activating group) is 1. The SMILES string of the molecule is CCN(CC(=O)Nc1ccc(NC(C)=O)cc1)C(C)C(=O)Nc1ccc(Cl)cc1Cl. The summed E-state index contributed by atoms with van der Waals surface area (Å²) >= 11 is 12.0. The van der Waals surface area contributed by atoms with E-state index in [1.807, 2.05) is 6.92 Å². The van der Waals surface area contributed by atoms with E-state index in [-0.39, 0.29) is 24.3 Å². The molecule has 30 heavy (non-hydrogen) atoms. The van der Waals surface area contributed by atoms with Crippen LogP contribution in [0.5, 0.6) is 0 Å². The van der Waals surface area contributed by atoms with E-state index >= 15 is 0 Å². The van der Waals surface area contributed by atoms with Crippen molar-refractivity contribution >= 4 is 58.0 Å². The standard InChI is InChI=1S/C21H24Cl2N4O3/c1-4-27(13(2)21(30)26-19-10-5-15(22)11-18(19)23)12-20(29)25-17-8-6-16(7-9-17)24-14(3)28/h5-11,13H,4,12H2,1-3H3,(H,24,28)(H,25,29)(H,26,30). The zero-order valence-electron chi connectivity index (χ0n) is 17.0. The lowest BCUT2D eigenvalue weighted by atomic mass is 10.2. The quantitative estimate of drug-likeness (QED) is 0.560. The van der Waals surface area contributed by atoms with Crippen molar-refractivity contribution in [3.8, 4) is 0 Å². The van der Waals surface area contributed by atoms with Crippen molar-refractivity contribution in [3.05, 3.63) is 52.5 Å². The number of amides is 3. The van der Waals surface area contributed by atoms with Gasteiger partial charge in [0.05, 0.1) is 23.3 Å². The zero-order valence-corrected chi connectivity index (χ0v) is 18.5. The number of hydrogen-bond acceptors (Lipinski definition) is 4. The fourth-order valence-corrected chi connectivity index (χ4v) is 3.20. The third-order valence-electron chi connectivity index (χ3n) is 4.36. The molecule has 2 aromatic rings.